The lowest BCUT2D eigenvalue weighted by atomic mass is 10.0. The molecule has 1 N–H and O–H groups in total. The second-order valence-corrected chi connectivity index (χ2v) is 5.85. The van der Waals surface area contributed by atoms with Crippen LogP contribution in [0.1, 0.15) is 18.0 Å². The third kappa shape index (κ3) is 3.14. The predicted octanol–water partition coefficient (Wildman–Crippen LogP) is 2.03. The first kappa shape index (κ1) is 14.6. The summed E-state index contributed by atoms with van der Waals surface area (Å²) in [7, 11) is 0. The summed E-state index contributed by atoms with van der Waals surface area (Å²) < 4.78 is 16.9. The number of ether oxygens (including phenoxy) is 3. The molecule has 114 valence electrons. The summed E-state index contributed by atoms with van der Waals surface area (Å²) in [6.45, 7) is 2.90. The van der Waals surface area contributed by atoms with Crippen molar-refractivity contribution in [2.75, 3.05) is 33.1 Å². The minimum atomic E-state index is -0.819. The van der Waals surface area contributed by atoms with Crippen LogP contribution in [-0.4, -0.2) is 49.1 Å². The van der Waals surface area contributed by atoms with Crippen LogP contribution in [0.5, 0.6) is 11.5 Å². The van der Waals surface area contributed by atoms with Crippen molar-refractivity contribution in [2.24, 2.45) is 0 Å². The summed E-state index contributed by atoms with van der Waals surface area (Å²) in [6.07, 6.45) is 0.0477. The Kier molecular flexibility index (Phi) is 4.32. The van der Waals surface area contributed by atoms with Crippen molar-refractivity contribution in [2.45, 2.75) is 12.5 Å². The average Bonchev–Trinajstić information content (AvgIpc) is 2.94. The maximum atomic E-state index is 11.2. The van der Waals surface area contributed by atoms with Crippen molar-refractivity contribution in [3.05, 3.63) is 22.2 Å². The Bertz CT molecular complexity index is 544. The van der Waals surface area contributed by atoms with Crippen LogP contribution in [0.4, 0.5) is 0 Å². The number of rotatable bonds is 4. The van der Waals surface area contributed by atoms with Crippen molar-refractivity contribution < 1.29 is 24.1 Å². The molecule has 0 bridgehead atoms. The molecule has 1 aromatic rings. The SMILES string of the molecule is O=C(O)CC(c1cc(Br)c2c(c1)OCO2)N1CCOCC1. The van der Waals surface area contributed by atoms with Crippen LogP contribution >= 0.6 is 15.9 Å². The number of morpholine rings is 1. The summed E-state index contributed by atoms with van der Waals surface area (Å²) >= 11 is 3.46. The van der Waals surface area contributed by atoms with E-state index in [-0.39, 0.29) is 19.3 Å². The molecule has 0 amide bonds. The number of nitrogens with zero attached hydrogens (tertiary/aromatic N) is 1. The monoisotopic (exact) mass is 357 g/mol. The van der Waals surface area contributed by atoms with Crippen LogP contribution in [0.2, 0.25) is 0 Å². The van der Waals surface area contributed by atoms with Gasteiger partial charge >= 0.3 is 5.97 Å². The molecule has 1 saturated heterocycles. The topological polar surface area (TPSA) is 68.2 Å². The summed E-state index contributed by atoms with van der Waals surface area (Å²) in [4.78, 5) is 13.4. The van der Waals surface area contributed by atoms with Gasteiger partial charge < -0.3 is 19.3 Å². The van der Waals surface area contributed by atoms with E-state index >= 15 is 0 Å². The molecule has 1 unspecified atom stereocenters. The largest absolute Gasteiger partial charge is 0.481 e. The van der Waals surface area contributed by atoms with Crippen molar-refractivity contribution in [1.82, 2.24) is 4.90 Å². The van der Waals surface area contributed by atoms with Gasteiger partial charge in [-0.1, -0.05) is 0 Å². The van der Waals surface area contributed by atoms with Crippen LogP contribution in [0.25, 0.3) is 0 Å². The molecule has 3 rings (SSSR count). The molecule has 0 aliphatic carbocycles. The Labute approximate surface area is 130 Å². The van der Waals surface area contributed by atoms with Crippen LogP contribution in [-0.2, 0) is 9.53 Å². The summed E-state index contributed by atoms with van der Waals surface area (Å²) in [5.41, 5.74) is 0.912. The lowest BCUT2D eigenvalue weighted by Crippen LogP contribution is -2.39. The highest BCUT2D eigenvalue weighted by atomic mass is 79.9. The van der Waals surface area contributed by atoms with E-state index < -0.39 is 5.97 Å². The Morgan fingerprint density at radius 1 is 1.33 bits per heavy atom. The highest BCUT2D eigenvalue weighted by Crippen LogP contribution is 2.42. The van der Waals surface area contributed by atoms with E-state index in [1.807, 2.05) is 12.1 Å². The fraction of sp³-hybridized carbons (Fsp3) is 0.500. The lowest BCUT2D eigenvalue weighted by molar-refractivity contribution is -0.139. The van der Waals surface area contributed by atoms with Gasteiger partial charge in [0.25, 0.3) is 0 Å². The first-order valence-electron chi connectivity index (χ1n) is 6.78. The second kappa shape index (κ2) is 6.21. The predicted molar refractivity (Wildman–Crippen MR) is 77.7 cm³/mol. The van der Waals surface area contributed by atoms with Crippen LogP contribution in [0.15, 0.2) is 16.6 Å². The van der Waals surface area contributed by atoms with Crippen molar-refractivity contribution in [1.29, 1.82) is 0 Å². The third-order valence-electron chi connectivity index (χ3n) is 3.69. The number of fused-ring (bicyclic) bond motifs is 1. The molecule has 0 saturated carbocycles. The first-order chi connectivity index (χ1) is 10.1. The number of benzene rings is 1. The van der Waals surface area contributed by atoms with Crippen LogP contribution < -0.4 is 9.47 Å². The van der Waals surface area contributed by atoms with Gasteiger partial charge in [0.05, 0.1) is 24.1 Å². The van der Waals surface area contributed by atoms with E-state index in [1.165, 1.54) is 0 Å². The molecule has 21 heavy (non-hydrogen) atoms. The van der Waals surface area contributed by atoms with Crippen LogP contribution in [0, 0.1) is 0 Å². The molecule has 0 spiro atoms. The van der Waals surface area contributed by atoms with E-state index in [0.717, 1.165) is 23.1 Å². The minimum Gasteiger partial charge on any atom is -0.481 e. The Morgan fingerprint density at radius 3 is 2.81 bits per heavy atom. The van der Waals surface area contributed by atoms with E-state index in [9.17, 15) is 9.90 Å². The van der Waals surface area contributed by atoms with Gasteiger partial charge in [0.2, 0.25) is 6.79 Å². The number of carboxylic acid groups (broad SMARTS) is 1. The van der Waals surface area contributed by atoms with Gasteiger partial charge in [0.15, 0.2) is 11.5 Å². The van der Waals surface area contributed by atoms with E-state index in [1.54, 1.807) is 0 Å². The quantitative estimate of drug-likeness (QED) is 0.888. The molecule has 1 fully saturated rings. The first-order valence-corrected chi connectivity index (χ1v) is 7.57. The highest BCUT2D eigenvalue weighted by molar-refractivity contribution is 9.10. The molecule has 7 heteroatoms. The van der Waals surface area contributed by atoms with Crippen molar-refractivity contribution in [3.8, 4) is 11.5 Å². The highest BCUT2D eigenvalue weighted by Gasteiger charge is 2.28. The Morgan fingerprint density at radius 2 is 2.10 bits per heavy atom. The zero-order chi connectivity index (χ0) is 14.8. The number of hydrogen-bond donors (Lipinski definition) is 1. The van der Waals surface area contributed by atoms with E-state index in [4.69, 9.17) is 14.2 Å². The molecule has 1 atom stereocenters. The maximum absolute atomic E-state index is 11.2. The van der Waals surface area contributed by atoms with Crippen molar-refractivity contribution in [3.63, 3.8) is 0 Å². The molecule has 2 heterocycles. The minimum absolute atomic E-state index is 0.0477. The number of halogens is 1. The molecular formula is C14H16BrNO5. The van der Waals surface area contributed by atoms with Gasteiger partial charge in [0.1, 0.15) is 0 Å². The Hall–Kier alpha value is -1.31. The second-order valence-electron chi connectivity index (χ2n) is 5.00. The standard InChI is InChI=1S/C14H16BrNO5/c15-10-5-9(6-12-14(10)21-8-20-12)11(7-13(17)18)16-1-3-19-4-2-16/h5-6,11H,1-4,7-8H2,(H,17,18). The van der Waals surface area contributed by atoms with Gasteiger partial charge in [-0.25, -0.2) is 0 Å². The fourth-order valence-corrected chi connectivity index (χ4v) is 3.27. The van der Waals surface area contributed by atoms with Gasteiger partial charge in [-0.2, -0.15) is 0 Å². The number of hydrogen-bond acceptors (Lipinski definition) is 5. The number of carboxylic acids is 1. The van der Waals surface area contributed by atoms with Gasteiger partial charge in [0, 0.05) is 19.1 Å². The summed E-state index contributed by atoms with van der Waals surface area (Å²) in [5.74, 6) is 0.512. The third-order valence-corrected chi connectivity index (χ3v) is 4.28. The number of aliphatic carboxylic acids is 1. The fourth-order valence-electron chi connectivity index (χ4n) is 2.69. The van der Waals surface area contributed by atoms with Crippen molar-refractivity contribution >= 4 is 21.9 Å². The molecule has 2 aliphatic heterocycles. The van der Waals surface area contributed by atoms with Crippen LogP contribution in [0.3, 0.4) is 0 Å². The molecule has 1 aromatic carbocycles. The molecule has 2 aliphatic rings. The Balaban J connectivity index is 1.91. The smallest absolute Gasteiger partial charge is 0.305 e. The normalized spacial score (nSPS) is 19.5. The van der Waals surface area contributed by atoms with E-state index in [0.29, 0.717) is 24.7 Å². The maximum Gasteiger partial charge on any atom is 0.305 e. The summed E-state index contributed by atoms with van der Waals surface area (Å²) in [6, 6.07) is 3.59. The molecule has 6 nitrogen and oxygen atoms in total. The van der Waals surface area contributed by atoms with Gasteiger partial charge in [-0.3, -0.25) is 9.69 Å². The van der Waals surface area contributed by atoms with Gasteiger partial charge in [-0.15, -0.1) is 0 Å². The molecule has 0 aromatic heterocycles. The molecule has 0 radical (unpaired) electrons. The van der Waals surface area contributed by atoms with E-state index in [2.05, 4.69) is 20.8 Å². The average molecular weight is 358 g/mol. The van der Waals surface area contributed by atoms with Gasteiger partial charge in [-0.05, 0) is 33.6 Å². The zero-order valence-electron chi connectivity index (χ0n) is 11.4. The number of carbonyl (C=O) groups is 1. The zero-order valence-corrected chi connectivity index (χ0v) is 13.0. The summed E-state index contributed by atoms with van der Waals surface area (Å²) in [5, 5.41) is 9.21. The lowest BCUT2D eigenvalue weighted by Gasteiger charge is -2.34. The molecular weight excluding hydrogens is 342 g/mol.